The number of nitrogens with one attached hydrogen (secondary N) is 3. The number of fused-ring (bicyclic) bond motifs is 2. The van der Waals surface area contributed by atoms with Crippen LogP contribution in [0.1, 0.15) is 25.2 Å². The van der Waals surface area contributed by atoms with E-state index in [1.165, 1.54) is 16.8 Å². The average molecular weight is 463 g/mol. The summed E-state index contributed by atoms with van der Waals surface area (Å²) in [6.45, 7) is 2.00. The van der Waals surface area contributed by atoms with Crippen molar-refractivity contribution in [3.63, 3.8) is 0 Å². The minimum absolute atomic E-state index is 0.310. The van der Waals surface area contributed by atoms with E-state index in [9.17, 15) is 9.18 Å². The second-order valence-corrected chi connectivity index (χ2v) is 7.97. The van der Waals surface area contributed by atoms with E-state index in [4.69, 9.17) is 16.6 Å². The maximum atomic E-state index is 13.5. The molecule has 33 heavy (non-hydrogen) atoms. The molecule has 3 heterocycles. The summed E-state index contributed by atoms with van der Waals surface area (Å²) in [5.41, 5.74) is 5.40. The predicted molar refractivity (Wildman–Crippen MR) is 129 cm³/mol. The molecule has 3 N–H and O–H groups in total. The van der Waals surface area contributed by atoms with Gasteiger partial charge in [0.2, 0.25) is 0 Å². The van der Waals surface area contributed by atoms with Gasteiger partial charge in [-0.1, -0.05) is 24.6 Å². The molecule has 1 atom stereocenters. The minimum atomic E-state index is -0.367. The van der Waals surface area contributed by atoms with E-state index in [0.717, 1.165) is 16.7 Å². The highest BCUT2D eigenvalue weighted by Gasteiger charge is 2.21. The quantitative estimate of drug-likeness (QED) is 0.310. The Balaban J connectivity index is 1.66. The SMILES string of the molecule is CC[C@H](Nc1ccnc2[nH]ccc12)c1nc2cccc(Cl)c2c(=O)n1Nc1ccc(F)cc1. The van der Waals surface area contributed by atoms with Crippen LogP contribution in [0.25, 0.3) is 21.9 Å². The first-order valence-corrected chi connectivity index (χ1v) is 10.9. The molecular weight excluding hydrogens is 443 g/mol. The summed E-state index contributed by atoms with van der Waals surface area (Å²) in [7, 11) is 0. The molecule has 0 saturated carbocycles. The Hall–Kier alpha value is -3.91. The molecule has 0 aliphatic heterocycles. The average Bonchev–Trinajstić information content (AvgIpc) is 3.30. The number of aromatic nitrogens is 4. The molecule has 0 radical (unpaired) electrons. The molecule has 0 fully saturated rings. The second-order valence-electron chi connectivity index (χ2n) is 7.57. The van der Waals surface area contributed by atoms with Gasteiger partial charge in [0, 0.05) is 23.5 Å². The molecule has 0 aliphatic carbocycles. The number of hydrogen-bond acceptors (Lipinski definition) is 5. The molecule has 0 saturated heterocycles. The van der Waals surface area contributed by atoms with Gasteiger partial charge in [0.15, 0.2) is 5.82 Å². The van der Waals surface area contributed by atoms with Crippen LogP contribution in [-0.2, 0) is 0 Å². The lowest BCUT2D eigenvalue weighted by Gasteiger charge is -2.23. The molecule has 5 rings (SSSR count). The zero-order valence-electron chi connectivity index (χ0n) is 17.6. The molecule has 0 unspecified atom stereocenters. The number of anilines is 2. The lowest BCUT2D eigenvalue weighted by molar-refractivity contribution is 0.626. The number of H-pyrrole nitrogens is 1. The Kier molecular flexibility index (Phi) is 5.43. The van der Waals surface area contributed by atoms with E-state index >= 15 is 0 Å². The lowest BCUT2D eigenvalue weighted by atomic mass is 10.1. The second kappa shape index (κ2) is 8.55. The maximum absolute atomic E-state index is 13.5. The van der Waals surface area contributed by atoms with Crippen LogP contribution in [0.3, 0.4) is 0 Å². The topological polar surface area (TPSA) is 87.6 Å². The monoisotopic (exact) mass is 462 g/mol. The van der Waals surface area contributed by atoms with Gasteiger partial charge in [-0.05, 0) is 55.0 Å². The van der Waals surface area contributed by atoms with Crippen molar-refractivity contribution in [3.8, 4) is 0 Å². The van der Waals surface area contributed by atoms with Gasteiger partial charge in [0.1, 0.15) is 11.5 Å². The van der Waals surface area contributed by atoms with Crippen molar-refractivity contribution in [1.29, 1.82) is 0 Å². The van der Waals surface area contributed by atoms with Crippen molar-refractivity contribution in [2.24, 2.45) is 0 Å². The van der Waals surface area contributed by atoms with Crippen LogP contribution >= 0.6 is 11.6 Å². The van der Waals surface area contributed by atoms with E-state index < -0.39 is 0 Å². The van der Waals surface area contributed by atoms with Crippen LogP contribution in [0.5, 0.6) is 0 Å². The summed E-state index contributed by atoms with van der Waals surface area (Å²) in [6, 6.07) is 14.4. The molecular formula is C24H20ClFN6O. The molecule has 0 amide bonds. The van der Waals surface area contributed by atoms with Gasteiger partial charge in [0.25, 0.3) is 5.56 Å². The Morgan fingerprint density at radius 1 is 1.15 bits per heavy atom. The minimum Gasteiger partial charge on any atom is -0.374 e. The third-order valence-corrected chi connectivity index (χ3v) is 5.78. The Labute approximate surface area is 193 Å². The number of pyridine rings is 1. The Morgan fingerprint density at radius 2 is 1.97 bits per heavy atom. The van der Waals surface area contributed by atoms with Crippen LogP contribution in [0.2, 0.25) is 5.02 Å². The lowest BCUT2D eigenvalue weighted by Crippen LogP contribution is -2.34. The summed E-state index contributed by atoms with van der Waals surface area (Å²) in [4.78, 5) is 25.8. The summed E-state index contributed by atoms with van der Waals surface area (Å²) < 4.78 is 14.8. The van der Waals surface area contributed by atoms with Crippen molar-refractivity contribution in [2.75, 3.05) is 10.7 Å². The first-order chi connectivity index (χ1) is 16.0. The summed E-state index contributed by atoms with van der Waals surface area (Å²) >= 11 is 6.35. The highest BCUT2D eigenvalue weighted by molar-refractivity contribution is 6.35. The van der Waals surface area contributed by atoms with Gasteiger partial charge < -0.3 is 10.3 Å². The summed E-state index contributed by atoms with van der Waals surface area (Å²) in [6.07, 6.45) is 4.18. The van der Waals surface area contributed by atoms with Gasteiger partial charge in [-0.3, -0.25) is 10.2 Å². The molecule has 0 bridgehead atoms. The highest BCUT2D eigenvalue weighted by atomic mass is 35.5. The zero-order valence-corrected chi connectivity index (χ0v) is 18.4. The number of hydrogen-bond donors (Lipinski definition) is 3. The van der Waals surface area contributed by atoms with E-state index in [0.29, 0.717) is 33.9 Å². The van der Waals surface area contributed by atoms with Crippen molar-refractivity contribution in [2.45, 2.75) is 19.4 Å². The highest BCUT2D eigenvalue weighted by Crippen LogP contribution is 2.28. The molecule has 3 aromatic heterocycles. The fourth-order valence-electron chi connectivity index (χ4n) is 3.83. The molecule has 0 spiro atoms. The number of halogens is 2. The number of aromatic amines is 1. The Morgan fingerprint density at radius 3 is 2.76 bits per heavy atom. The predicted octanol–water partition coefficient (Wildman–Crippen LogP) is 5.50. The molecule has 0 aliphatic rings. The van der Waals surface area contributed by atoms with Gasteiger partial charge in [-0.2, -0.15) is 0 Å². The molecule has 166 valence electrons. The number of nitrogens with zero attached hydrogens (tertiary/aromatic N) is 3. The van der Waals surface area contributed by atoms with Crippen molar-refractivity contribution in [3.05, 3.63) is 94.0 Å². The number of benzene rings is 2. The van der Waals surface area contributed by atoms with Gasteiger partial charge >= 0.3 is 0 Å². The maximum Gasteiger partial charge on any atom is 0.281 e. The Bertz CT molecular complexity index is 1510. The molecule has 5 aromatic rings. The van der Waals surface area contributed by atoms with Crippen molar-refractivity contribution >= 4 is 44.9 Å². The van der Waals surface area contributed by atoms with Gasteiger partial charge in [-0.15, -0.1) is 0 Å². The molecule has 9 heteroatoms. The normalized spacial score (nSPS) is 12.2. The van der Waals surface area contributed by atoms with E-state index in [1.807, 2.05) is 25.3 Å². The van der Waals surface area contributed by atoms with Crippen LogP contribution in [0, 0.1) is 5.82 Å². The van der Waals surface area contributed by atoms with Crippen molar-refractivity contribution in [1.82, 2.24) is 19.6 Å². The third kappa shape index (κ3) is 3.89. The molecule has 7 nitrogen and oxygen atoms in total. The van der Waals surface area contributed by atoms with Crippen LogP contribution in [0.15, 0.2) is 71.8 Å². The van der Waals surface area contributed by atoms with E-state index in [1.54, 1.807) is 36.5 Å². The zero-order chi connectivity index (χ0) is 22.9. The summed E-state index contributed by atoms with van der Waals surface area (Å²) in [5.74, 6) is 0.108. The van der Waals surface area contributed by atoms with Crippen LogP contribution in [-0.4, -0.2) is 19.6 Å². The van der Waals surface area contributed by atoms with Gasteiger partial charge in [-0.25, -0.2) is 19.0 Å². The summed E-state index contributed by atoms with van der Waals surface area (Å²) in [5, 5.41) is 5.06. The van der Waals surface area contributed by atoms with E-state index in [-0.39, 0.29) is 17.4 Å². The third-order valence-electron chi connectivity index (χ3n) is 5.47. The standard InChI is InChI=1S/C24H20ClFN6O/c1-2-18(29-19-11-13-28-22-16(19)10-12-27-22)23-30-20-5-3-4-17(25)21(20)24(33)32(23)31-15-8-6-14(26)7-9-15/h3-13,18,31H,2H2,1H3,(H2,27,28,29)/t18-/m0/s1. The number of rotatable bonds is 6. The van der Waals surface area contributed by atoms with Crippen LogP contribution < -0.4 is 16.3 Å². The van der Waals surface area contributed by atoms with Crippen molar-refractivity contribution < 1.29 is 4.39 Å². The fraction of sp³-hybridized carbons (Fsp3) is 0.125. The smallest absolute Gasteiger partial charge is 0.281 e. The molecule has 2 aromatic carbocycles. The largest absolute Gasteiger partial charge is 0.374 e. The van der Waals surface area contributed by atoms with Crippen LogP contribution in [0.4, 0.5) is 15.8 Å². The fourth-order valence-corrected chi connectivity index (χ4v) is 4.08. The first kappa shape index (κ1) is 21.0. The van der Waals surface area contributed by atoms with Gasteiger partial charge in [0.05, 0.1) is 27.7 Å². The van der Waals surface area contributed by atoms with E-state index in [2.05, 4.69) is 20.7 Å². The first-order valence-electron chi connectivity index (χ1n) is 10.5.